The zero-order chi connectivity index (χ0) is 25.4. The maximum atomic E-state index is 3.91. The van der Waals surface area contributed by atoms with Crippen molar-refractivity contribution in [3.8, 4) is 0 Å². The molecule has 0 aliphatic carbocycles. The van der Waals surface area contributed by atoms with E-state index in [9.17, 15) is 0 Å². The molecular weight excluding hydrogens is 440 g/mol. The van der Waals surface area contributed by atoms with Crippen molar-refractivity contribution in [3.05, 3.63) is 109 Å². The Labute approximate surface area is 217 Å². The molecule has 0 aliphatic heterocycles. The van der Waals surface area contributed by atoms with Gasteiger partial charge in [-0.2, -0.15) is 0 Å². The summed E-state index contributed by atoms with van der Waals surface area (Å²) in [4.78, 5) is 4.76. The van der Waals surface area contributed by atoms with E-state index in [0.29, 0.717) is 4.59 Å². The van der Waals surface area contributed by atoms with Crippen LogP contribution in [0.15, 0.2) is 109 Å². The van der Waals surface area contributed by atoms with Gasteiger partial charge in [0.1, 0.15) is 0 Å². The van der Waals surface area contributed by atoms with Gasteiger partial charge in [-0.1, -0.05) is 36.4 Å². The van der Waals surface area contributed by atoms with E-state index >= 15 is 0 Å². The molecule has 4 nitrogen and oxygen atoms in total. The molecule has 4 aromatic rings. The Balaban J connectivity index is 1.92. The van der Waals surface area contributed by atoms with E-state index in [2.05, 4.69) is 152 Å². The number of hydrogen-bond donors (Lipinski definition) is 1. The Morgan fingerprint density at radius 1 is 0.472 bits per heavy atom. The van der Waals surface area contributed by atoms with Gasteiger partial charge in [-0.05, 0) is 64.1 Å². The quantitative estimate of drug-likeness (QED) is 0.172. The van der Waals surface area contributed by atoms with Crippen LogP contribution in [0.3, 0.4) is 0 Å². The number of rotatable bonds is 11. The highest BCUT2D eigenvalue weighted by atomic mass is 15.7. The fraction of sp³-hybridized carbons (Fsp3) is 0.250. The summed E-state index contributed by atoms with van der Waals surface area (Å²) in [5.41, 5.74) is 10.9. The van der Waals surface area contributed by atoms with Crippen LogP contribution in [-0.2, 0) is 0 Å². The third-order valence-corrected chi connectivity index (χ3v) is 6.95. The Morgan fingerprint density at radius 3 is 1.22 bits per heavy atom. The first-order valence-corrected chi connectivity index (χ1v) is 13.1. The maximum Gasteiger partial charge on any atom is 0.167 e. The summed E-state index contributed by atoms with van der Waals surface area (Å²) >= 11 is 0. The predicted octanol–water partition coefficient (Wildman–Crippen LogP) is 8.38. The lowest BCUT2D eigenvalue weighted by atomic mass is 10.1. The highest BCUT2D eigenvalue weighted by Crippen LogP contribution is 2.44. The summed E-state index contributed by atoms with van der Waals surface area (Å²) in [6.45, 7) is 12.8. The summed E-state index contributed by atoms with van der Waals surface area (Å²) < 4.78 is 0.377. The monoisotopic (exact) mass is 479 g/mol. The number of benzene rings is 4. The predicted molar refractivity (Wildman–Crippen MR) is 158 cm³/mol. The number of para-hydroxylation sites is 2. The van der Waals surface area contributed by atoms with Crippen molar-refractivity contribution in [3.63, 3.8) is 0 Å². The topological polar surface area (TPSA) is 18.5 Å². The van der Waals surface area contributed by atoms with Gasteiger partial charge in [0.25, 0.3) is 0 Å². The third-order valence-electron chi connectivity index (χ3n) is 6.95. The lowest BCUT2D eigenvalue weighted by molar-refractivity contribution is 0.614. The number of anilines is 3. The smallest absolute Gasteiger partial charge is 0.167 e. The van der Waals surface area contributed by atoms with Crippen LogP contribution >= 0.6 is 0 Å². The van der Waals surface area contributed by atoms with Crippen LogP contribution in [0.1, 0.15) is 27.7 Å². The molecule has 0 saturated heterocycles. The van der Waals surface area contributed by atoms with Crippen molar-refractivity contribution in [1.29, 1.82) is 0 Å². The molecular formula is C32H39N4+. The van der Waals surface area contributed by atoms with Gasteiger partial charge in [0.2, 0.25) is 0 Å². The molecule has 0 heterocycles. The number of nitrogens with zero attached hydrogens (tertiary/aromatic N) is 3. The van der Waals surface area contributed by atoms with E-state index < -0.39 is 0 Å². The van der Waals surface area contributed by atoms with Crippen LogP contribution in [0.4, 0.5) is 34.1 Å². The van der Waals surface area contributed by atoms with Crippen molar-refractivity contribution in [2.45, 2.75) is 27.7 Å². The molecule has 0 fully saturated rings. The van der Waals surface area contributed by atoms with E-state index in [1.54, 1.807) is 0 Å². The Kier molecular flexibility index (Phi) is 8.29. The van der Waals surface area contributed by atoms with Gasteiger partial charge >= 0.3 is 0 Å². The van der Waals surface area contributed by atoms with Gasteiger partial charge in [0.15, 0.2) is 17.1 Å². The maximum absolute atomic E-state index is 3.91. The lowest BCUT2D eigenvalue weighted by Gasteiger charge is -2.37. The molecule has 0 amide bonds. The molecule has 0 atom stereocenters. The average molecular weight is 480 g/mol. The second-order valence-corrected chi connectivity index (χ2v) is 8.86. The van der Waals surface area contributed by atoms with E-state index in [0.717, 1.165) is 48.9 Å². The van der Waals surface area contributed by atoms with Crippen LogP contribution in [0.5, 0.6) is 0 Å². The molecule has 0 spiro atoms. The molecule has 4 rings (SSSR count). The number of quaternary nitrogens is 1. The highest BCUT2D eigenvalue weighted by molar-refractivity contribution is 5.76. The number of nitrogens with one attached hydrogen (secondary N) is 1. The normalized spacial score (nSPS) is 11.2. The minimum atomic E-state index is 0.377. The lowest BCUT2D eigenvalue weighted by Crippen LogP contribution is -2.44. The molecule has 0 bridgehead atoms. The summed E-state index contributed by atoms with van der Waals surface area (Å²) in [6.07, 6.45) is 0. The van der Waals surface area contributed by atoms with Crippen molar-refractivity contribution in [2.24, 2.45) is 0 Å². The largest absolute Gasteiger partial charge is 0.372 e. The van der Waals surface area contributed by atoms with E-state index in [1.807, 2.05) is 0 Å². The standard InChI is InChI=1S/C32H39N4/c1-5-34(6-2)28-19-23-31(24-20-28)36(30-17-13-10-14-18-30,33-27-15-11-9-12-16-27)32-25-21-29(22-26-32)35(7-3)8-4/h9-26,33H,5-8H2,1-4H3/q+1. The molecule has 4 aromatic carbocycles. The summed E-state index contributed by atoms with van der Waals surface area (Å²) in [7, 11) is 0. The summed E-state index contributed by atoms with van der Waals surface area (Å²) in [5, 5.41) is 0. The van der Waals surface area contributed by atoms with Crippen LogP contribution in [0.2, 0.25) is 0 Å². The van der Waals surface area contributed by atoms with Gasteiger partial charge in [-0.25, -0.2) is 5.43 Å². The van der Waals surface area contributed by atoms with E-state index in [1.165, 1.54) is 11.4 Å². The van der Waals surface area contributed by atoms with Crippen LogP contribution in [0.25, 0.3) is 0 Å². The summed E-state index contributed by atoms with van der Waals surface area (Å²) in [5.74, 6) is 0. The zero-order valence-electron chi connectivity index (χ0n) is 22.1. The van der Waals surface area contributed by atoms with Gasteiger partial charge in [0, 0.05) is 74.0 Å². The highest BCUT2D eigenvalue weighted by Gasteiger charge is 2.37. The van der Waals surface area contributed by atoms with Gasteiger partial charge < -0.3 is 9.80 Å². The first-order chi connectivity index (χ1) is 17.7. The fourth-order valence-corrected chi connectivity index (χ4v) is 4.95. The van der Waals surface area contributed by atoms with Gasteiger partial charge in [-0.15, -0.1) is 4.59 Å². The first-order valence-electron chi connectivity index (χ1n) is 13.1. The molecule has 4 heteroatoms. The minimum absolute atomic E-state index is 0.377. The van der Waals surface area contributed by atoms with Crippen molar-refractivity contribution in [1.82, 2.24) is 4.59 Å². The second kappa shape index (κ2) is 11.8. The van der Waals surface area contributed by atoms with Crippen LogP contribution in [-0.4, -0.2) is 26.2 Å². The molecule has 0 aromatic heterocycles. The summed E-state index contributed by atoms with van der Waals surface area (Å²) in [6, 6.07) is 39.2. The van der Waals surface area contributed by atoms with Crippen molar-refractivity contribution in [2.75, 3.05) is 41.4 Å². The molecule has 36 heavy (non-hydrogen) atoms. The zero-order valence-corrected chi connectivity index (χ0v) is 22.1. The fourth-order valence-electron chi connectivity index (χ4n) is 4.95. The van der Waals surface area contributed by atoms with Crippen LogP contribution in [0, 0.1) is 0 Å². The van der Waals surface area contributed by atoms with Gasteiger partial charge in [0.05, 0.1) is 5.69 Å². The van der Waals surface area contributed by atoms with E-state index in [4.69, 9.17) is 0 Å². The van der Waals surface area contributed by atoms with Crippen molar-refractivity contribution >= 4 is 34.1 Å². The number of hydrogen-bond acceptors (Lipinski definition) is 3. The average Bonchev–Trinajstić information content (AvgIpc) is 2.95. The van der Waals surface area contributed by atoms with E-state index in [-0.39, 0.29) is 0 Å². The van der Waals surface area contributed by atoms with Crippen LogP contribution < -0.4 is 19.8 Å². The Morgan fingerprint density at radius 2 is 0.833 bits per heavy atom. The minimum Gasteiger partial charge on any atom is -0.372 e. The Hall–Kier alpha value is -3.76. The second-order valence-electron chi connectivity index (χ2n) is 8.86. The molecule has 0 radical (unpaired) electrons. The Bertz CT molecular complexity index is 1130. The van der Waals surface area contributed by atoms with Crippen molar-refractivity contribution < 1.29 is 0 Å². The molecule has 0 saturated carbocycles. The SMILES string of the molecule is CCN(CC)c1ccc([N+](Nc2ccccc2)(c2ccccc2)c2ccc(N(CC)CC)cc2)cc1. The molecule has 186 valence electrons. The molecule has 0 aliphatic rings. The van der Waals surface area contributed by atoms with Gasteiger partial charge in [-0.3, -0.25) is 0 Å². The first kappa shape index (κ1) is 25.3. The molecule has 1 N–H and O–H groups in total. The molecule has 0 unspecified atom stereocenters. The third kappa shape index (κ3) is 5.09.